The Labute approximate surface area is 162 Å². The Hall–Kier alpha value is -2.77. The molecule has 0 saturated carbocycles. The van der Waals surface area contributed by atoms with Crippen LogP contribution in [0.4, 0.5) is 5.69 Å². The largest absolute Gasteiger partial charge is 0.487 e. The normalized spacial score (nSPS) is 10.2. The molecule has 144 valence electrons. The Morgan fingerprint density at radius 1 is 1.04 bits per heavy atom. The maximum Gasteiger partial charge on any atom is 0.343 e. The molecule has 0 spiro atoms. The van der Waals surface area contributed by atoms with E-state index in [0.29, 0.717) is 41.0 Å². The van der Waals surface area contributed by atoms with Gasteiger partial charge >= 0.3 is 5.97 Å². The van der Waals surface area contributed by atoms with Crippen LogP contribution in [0.5, 0.6) is 11.5 Å². The summed E-state index contributed by atoms with van der Waals surface area (Å²) in [6.07, 6.45) is 0. The first-order chi connectivity index (χ1) is 13.0. The number of halogens is 1. The number of hydrogen-bond acceptors (Lipinski definition) is 6. The predicted octanol–water partition coefficient (Wildman–Crippen LogP) is 3.17. The molecule has 1 amide bonds. The Bertz CT molecular complexity index is 796. The standard InChI is InChI=1S/C19H20ClNO6/c1-24-9-10-26-18-15(20)7-4-8-16(18)21-19(23)13-5-3-6-14(11-13)27-12-17(22)25-2/h3-8,11H,9-10,12H2,1-2H3,(H,21,23). The number of nitrogens with one attached hydrogen (secondary N) is 1. The molecule has 1 N–H and O–H groups in total. The van der Waals surface area contributed by atoms with Gasteiger partial charge in [-0.25, -0.2) is 4.79 Å². The summed E-state index contributed by atoms with van der Waals surface area (Å²) in [5, 5.41) is 3.14. The van der Waals surface area contributed by atoms with Crippen LogP contribution in [0, 0.1) is 0 Å². The van der Waals surface area contributed by atoms with Crippen LogP contribution in [0.2, 0.25) is 5.02 Å². The zero-order valence-electron chi connectivity index (χ0n) is 15.0. The molecule has 8 heteroatoms. The van der Waals surface area contributed by atoms with Gasteiger partial charge in [0.05, 0.1) is 24.4 Å². The summed E-state index contributed by atoms with van der Waals surface area (Å²) >= 11 is 6.17. The highest BCUT2D eigenvalue weighted by molar-refractivity contribution is 6.32. The van der Waals surface area contributed by atoms with Crippen LogP contribution in [0.25, 0.3) is 0 Å². The molecule has 0 fully saturated rings. The van der Waals surface area contributed by atoms with Gasteiger partial charge in [0.25, 0.3) is 5.91 Å². The first kappa shape index (κ1) is 20.5. The van der Waals surface area contributed by atoms with Crippen molar-refractivity contribution in [2.75, 3.05) is 39.4 Å². The third-order valence-electron chi connectivity index (χ3n) is 3.43. The monoisotopic (exact) mass is 393 g/mol. The van der Waals surface area contributed by atoms with E-state index >= 15 is 0 Å². The molecule has 0 aromatic heterocycles. The van der Waals surface area contributed by atoms with Crippen LogP contribution in [-0.2, 0) is 14.3 Å². The highest BCUT2D eigenvalue weighted by Crippen LogP contribution is 2.33. The molecule has 0 unspecified atom stereocenters. The number of carbonyl (C=O) groups is 2. The Morgan fingerprint density at radius 2 is 1.81 bits per heavy atom. The van der Waals surface area contributed by atoms with E-state index in [1.54, 1.807) is 43.5 Å². The van der Waals surface area contributed by atoms with Crippen molar-refractivity contribution in [2.45, 2.75) is 0 Å². The first-order valence-electron chi connectivity index (χ1n) is 8.06. The van der Waals surface area contributed by atoms with E-state index in [1.165, 1.54) is 13.2 Å². The van der Waals surface area contributed by atoms with E-state index in [2.05, 4.69) is 10.1 Å². The molecule has 2 aromatic carbocycles. The third kappa shape index (κ3) is 6.16. The van der Waals surface area contributed by atoms with Crippen LogP contribution in [0.1, 0.15) is 10.4 Å². The average Bonchev–Trinajstić information content (AvgIpc) is 2.68. The number of rotatable bonds is 9. The minimum absolute atomic E-state index is 0.243. The lowest BCUT2D eigenvalue weighted by Crippen LogP contribution is -2.15. The van der Waals surface area contributed by atoms with Crippen molar-refractivity contribution in [3.8, 4) is 11.5 Å². The summed E-state index contributed by atoms with van der Waals surface area (Å²) in [5.41, 5.74) is 0.782. The van der Waals surface area contributed by atoms with E-state index in [-0.39, 0.29) is 12.5 Å². The van der Waals surface area contributed by atoms with Crippen LogP contribution in [-0.4, -0.2) is 45.9 Å². The highest BCUT2D eigenvalue weighted by Gasteiger charge is 2.14. The number of hydrogen-bond donors (Lipinski definition) is 1. The molecule has 0 aliphatic rings. The van der Waals surface area contributed by atoms with Crippen LogP contribution >= 0.6 is 11.6 Å². The van der Waals surface area contributed by atoms with Gasteiger partial charge in [-0.2, -0.15) is 0 Å². The van der Waals surface area contributed by atoms with Gasteiger partial charge in [-0.15, -0.1) is 0 Å². The minimum Gasteiger partial charge on any atom is -0.487 e. The summed E-state index contributed by atoms with van der Waals surface area (Å²) in [4.78, 5) is 23.7. The van der Waals surface area contributed by atoms with E-state index < -0.39 is 5.97 Å². The molecule has 0 heterocycles. The molecule has 7 nitrogen and oxygen atoms in total. The second-order valence-corrected chi connectivity index (χ2v) is 5.71. The lowest BCUT2D eigenvalue weighted by Gasteiger charge is -2.14. The number of methoxy groups -OCH3 is 2. The van der Waals surface area contributed by atoms with Gasteiger partial charge in [0, 0.05) is 12.7 Å². The van der Waals surface area contributed by atoms with Crippen molar-refractivity contribution in [3.05, 3.63) is 53.1 Å². The van der Waals surface area contributed by atoms with Gasteiger partial charge in [-0.05, 0) is 30.3 Å². The van der Waals surface area contributed by atoms with Crippen molar-refractivity contribution in [1.82, 2.24) is 0 Å². The molecule has 27 heavy (non-hydrogen) atoms. The van der Waals surface area contributed by atoms with Gasteiger partial charge in [0.1, 0.15) is 12.4 Å². The average molecular weight is 394 g/mol. The van der Waals surface area contributed by atoms with Crippen molar-refractivity contribution >= 4 is 29.2 Å². The van der Waals surface area contributed by atoms with Gasteiger partial charge in [-0.1, -0.05) is 23.7 Å². The number of anilines is 1. The van der Waals surface area contributed by atoms with Gasteiger partial charge in [0.2, 0.25) is 0 Å². The number of para-hydroxylation sites is 1. The fourth-order valence-electron chi connectivity index (χ4n) is 2.10. The molecule has 2 rings (SSSR count). The molecular formula is C19H20ClNO6. The van der Waals surface area contributed by atoms with Crippen LogP contribution < -0.4 is 14.8 Å². The number of ether oxygens (including phenoxy) is 4. The minimum atomic E-state index is -0.512. The van der Waals surface area contributed by atoms with E-state index in [0.717, 1.165) is 0 Å². The quantitative estimate of drug-likeness (QED) is 0.520. The lowest BCUT2D eigenvalue weighted by atomic mass is 10.2. The van der Waals surface area contributed by atoms with Crippen molar-refractivity contribution in [3.63, 3.8) is 0 Å². The summed E-state index contributed by atoms with van der Waals surface area (Å²) in [6, 6.07) is 11.5. The predicted molar refractivity (Wildman–Crippen MR) is 101 cm³/mol. The number of amides is 1. The zero-order valence-corrected chi connectivity index (χ0v) is 15.7. The van der Waals surface area contributed by atoms with Gasteiger partial charge in [0.15, 0.2) is 12.4 Å². The molecular weight excluding hydrogens is 374 g/mol. The smallest absolute Gasteiger partial charge is 0.343 e. The summed E-state index contributed by atoms with van der Waals surface area (Å²) in [7, 11) is 2.83. The number of esters is 1. The second-order valence-electron chi connectivity index (χ2n) is 5.30. The molecule has 0 atom stereocenters. The van der Waals surface area contributed by atoms with E-state index in [9.17, 15) is 9.59 Å². The second kappa shape index (κ2) is 10.4. The molecule has 0 bridgehead atoms. The molecule has 0 aliphatic heterocycles. The number of carbonyl (C=O) groups excluding carboxylic acids is 2. The SMILES string of the molecule is COCCOc1c(Cl)cccc1NC(=O)c1cccc(OCC(=O)OC)c1. The maximum atomic E-state index is 12.6. The third-order valence-corrected chi connectivity index (χ3v) is 3.73. The fraction of sp³-hybridized carbons (Fsp3) is 0.263. The lowest BCUT2D eigenvalue weighted by molar-refractivity contribution is -0.142. The van der Waals surface area contributed by atoms with E-state index in [4.69, 9.17) is 25.8 Å². The van der Waals surface area contributed by atoms with Gasteiger partial charge < -0.3 is 24.3 Å². The topological polar surface area (TPSA) is 83.1 Å². The fourth-order valence-corrected chi connectivity index (χ4v) is 2.33. The molecule has 0 saturated heterocycles. The van der Waals surface area contributed by atoms with E-state index in [1.807, 2.05) is 0 Å². The maximum absolute atomic E-state index is 12.6. The summed E-state index contributed by atoms with van der Waals surface area (Å²) < 4.78 is 20.4. The van der Waals surface area contributed by atoms with Crippen molar-refractivity contribution < 1.29 is 28.5 Å². The zero-order chi connectivity index (χ0) is 19.6. The highest BCUT2D eigenvalue weighted by atomic mass is 35.5. The summed E-state index contributed by atoms with van der Waals surface area (Å²) in [6.45, 7) is 0.436. The molecule has 0 radical (unpaired) electrons. The number of benzene rings is 2. The Morgan fingerprint density at radius 3 is 2.56 bits per heavy atom. The van der Waals surface area contributed by atoms with Crippen molar-refractivity contribution in [1.29, 1.82) is 0 Å². The van der Waals surface area contributed by atoms with Crippen LogP contribution in [0.3, 0.4) is 0 Å². The Balaban J connectivity index is 2.11. The summed E-state index contributed by atoms with van der Waals surface area (Å²) in [5.74, 6) is -0.155. The first-order valence-corrected chi connectivity index (χ1v) is 8.44. The van der Waals surface area contributed by atoms with Crippen LogP contribution in [0.15, 0.2) is 42.5 Å². The Kier molecular flexibility index (Phi) is 7.91. The van der Waals surface area contributed by atoms with Crippen molar-refractivity contribution in [2.24, 2.45) is 0 Å². The van der Waals surface area contributed by atoms with Gasteiger partial charge in [-0.3, -0.25) is 4.79 Å². The molecule has 2 aromatic rings. The molecule has 0 aliphatic carbocycles.